The van der Waals surface area contributed by atoms with Crippen molar-refractivity contribution in [3.8, 4) is 5.69 Å². The Bertz CT molecular complexity index is 1230. The van der Waals surface area contributed by atoms with Crippen LogP contribution in [0.4, 0.5) is 5.69 Å². The Morgan fingerprint density at radius 2 is 1.79 bits per heavy atom. The standard InChI is InChI=1S/C20H18ClN3O4S/c1-12-9-14(11-23-15-3-8-18(20(25)26)19(21)10-15)13(2)24(12)16-4-6-17(7-5-16)29(22,27)28/h3-11H,1-2H3,(H,25,26)(H2,22,27,28). The molecule has 0 aliphatic carbocycles. The van der Waals surface area contributed by atoms with E-state index in [4.69, 9.17) is 21.8 Å². The third kappa shape index (κ3) is 4.40. The average Bonchev–Trinajstić information content (AvgIpc) is 2.92. The first-order chi connectivity index (χ1) is 13.6. The molecule has 0 aliphatic heterocycles. The number of carbonyl (C=O) groups is 1. The van der Waals surface area contributed by atoms with Crippen LogP contribution in [-0.4, -0.2) is 30.3 Å². The molecule has 3 rings (SSSR count). The number of rotatable bonds is 5. The summed E-state index contributed by atoms with van der Waals surface area (Å²) in [6.07, 6.45) is 1.67. The molecular formula is C20H18ClN3O4S. The Hall–Kier alpha value is -2.94. The molecule has 0 radical (unpaired) electrons. The van der Waals surface area contributed by atoms with Gasteiger partial charge in [0.2, 0.25) is 10.0 Å². The summed E-state index contributed by atoms with van der Waals surface area (Å²) in [6, 6.07) is 12.7. The third-order valence-electron chi connectivity index (χ3n) is 4.43. The highest BCUT2D eigenvalue weighted by Crippen LogP contribution is 2.24. The van der Waals surface area contributed by atoms with Crippen LogP contribution in [0.5, 0.6) is 0 Å². The monoisotopic (exact) mass is 431 g/mol. The van der Waals surface area contributed by atoms with Crippen LogP contribution in [0.2, 0.25) is 5.02 Å². The number of aromatic nitrogens is 1. The second-order valence-corrected chi connectivity index (χ2v) is 8.40. The quantitative estimate of drug-likeness (QED) is 0.597. The minimum atomic E-state index is -3.75. The van der Waals surface area contributed by atoms with Crippen molar-refractivity contribution >= 4 is 39.5 Å². The fourth-order valence-electron chi connectivity index (χ4n) is 3.00. The fraction of sp³-hybridized carbons (Fsp3) is 0.100. The van der Waals surface area contributed by atoms with Crippen molar-refractivity contribution in [3.05, 3.63) is 76.1 Å². The van der Waals surface area contributed by atoms with Gasteiger partial charge in [-0.15, -0.1) is 0 Å². The largest absolute Gasteiger partial charge is 0.478 e. The average molecular weight is 432 g/mol. The van der Waals surface area contributed by atoms with Crippen LogP contribution in [0.1, 0.15) is 27.3 Å². The van der Waals surface area contributed by atoms with Gasteiger partial charge in [0, 0.05) is 28.9 Å². The van der Waals surface area contributed by atoms with Crippen molar-refractivity contribution in [2.24, 2.45) is 10.1 Å². The number of carboxylic acids is 1. The molecule has 0 saturated heterocycles. The van der Waals surface area contributed by atoms with Crippen molar-refractivity contribution in [1.29, 1.82) is 0 Å². The highest BCUT2D eigenvalue weighted by molar-refractivity contribution is 7.89. The molecule has 1 heterocycles. The van der Waals surface area contributed by atoms with Gasteiger partial charge in [-0.05, 0) is 62.4 Å². The number of sulfonamides is 1. The first kappa shape index (κ1) is 20.8. The topological polar surface area (TPSA) is 115 Å². The van der Waals surface area contributed by atoms with Crippen molar-refractivity contribution in [2.75, 3.05) is 0 Å². The predicted octanol–water partition coefficient (Wildman–Crippen LogP) is 3.84. The summed E-state index contributed by atoms with van der Waals surface area (Å²) < 4.78 is 24.8. The molecule has 0 atom stereocenters. The van der Waals surface area contributed by atoms with Crippen molar-refractivity contribution in [1.82, 2.24) is 4.57 Å². The molecule has 0 unspecified atom stereocenters. The van der Waals surface area contributed by atoms with Crippen LogP contribution in [0.3, 0.4) is 0 Å². The SMILES string of the molecule is Cc1cc(C=Nc2ccc(C(=O)O)c(Cl)c2)c(C)n1-c1ccc(S(N)(=O)=O)cc1. The number of nitrogens with zero attached hydrogens (tertiary/aromatic N) is 2. The number of carboxylic acid groups (broad SMARTS) is 1. The summed E-state index contributed by atoms with van der Waals surface area (Å²) in [5.41, 5.74) is 4.04. The van der Waals surface area contributed by atoms with Crippen molar-refractivity contribution < 1.29 is 18.3 Å². The number of aliphatic imine (C=N–C) groups is 1. The Morgan fingerprint density at radius 3 is 2.34 bits per heavy atom. The van der Waals surface area contributed by atoms with Gasteiger partial charge in [-0.3, -0.25) is 4.99 Å². The summed E-state index contributed by atoms with van der Waals surface area (Å²) in [7, 11) is -3.75. The van der Waals surface area contributed by atoms with E-state index in [0.717, 1.165) is 22.6 Å². The Labute approximate surface area is 173 Å². The van der Waals surface area contributed by atoms with E-state index in [1.54, 1.807) is 24.4 Å². The van der Waals surface area contributed by atoms with Gasteiger partial charge in [-0.2, -0.15) is 0 Å². The smallest absolute Gasteiger partial charge is 0.337 e. The number of hydrogen-bond acceptors (Lipinski definition) is 4. The van der Waals surface area contributed by atoms with E-state index in [1.165, 1.54) is 24.3 Å². The lowest BCUT2D eigenvalue weighted by atomic mass is 10.2. The molecule has 0 spiro atoms. The highest BCUT2D eigenvalue weighted by atomic mass is 35.5. The highest BCUT2D eigenvalue weighted by Gasteiger charge is 2.12. The van der Waals surface area contributed by atoms with Gasteiger partial charge in [0.15, 0.2) is 0 Å². The minimum absolute atomic E-state index is 0.0201. The lowest BCUT2D eigenvalue weighted by Gasteiger charge is -2.10. The molecule has 3 N–H and O–H groups in total. The molecular weight excluding hydrogens is 414 g/mol. The van der Waals surface area contributed by atoms with E-state index in [2.05, 4.69) is 4.99 Å². The van der Waals surface area contributed by atoms with Crippen LogP contribution >= 0.6 is 11.6 Å². The predicted molar refractivity (Wildman–Crippen MR) is 112 cm³/mol. The maximum atomic E-state index is 11.4. The number of halogens is 1. The van der Waals surface area contributed by atoms with Crippen LogP contribution < -0.4 is 5.14 Å². The van der Waals surface area contributed by atoms with Crippen LogP contribution in [0.25, 0.3) is 5.69 Å². The zero-order valence-electron chi connectivity index (χ0n) is 15.6. The second-order valence-electron chi connectivity index (χ2n) is 6.43. The summed E-state index contributed by atoms with van der Waals surface area (Å²) in [4.78, 5) is 15.5. The van der Waals surface area contributed by atoms with Crippen LogP contribution in [0.15, 0.2) is 58.4 Å². The van der Waals surface area contributed by atoms with Gasteiger partial charge in [0.25, 0.3) is 0 Å². The molecule has 0 aliphatic rings. The Balaban J connectivity index is 1.93. The molecule has 0 fully saturated rings. The molecule has 1 aromatic heterocycles. The van der Waals surface area contributed by atoms with Gasteiger partial charge < -0.3 is 9.67 Å². The number of primary sulfonamides is 1. The number of aryl methyl sites for hydroxylation is 1. The molecule has 150 valence electrons. The summed E-state index contributed by atoms with van der Waals surface area (Å²) in [6.45, 7) is 3.85. The van der Waals surface area contributed by atoms with Crippen molar-refractivity contribution in [3.63, 3.8) is 0 Å². The maximum Gasteiger partial charge on any atom is 0.337 e. The molecule has 0 saturated carbocycles. The van der Waals surface area contributed by atoms with Crippen molar-refractivity contribution in [2.45, 2.75) is 18.7 Å². The summed E-state index contributed by atoms with van der Waals surface area (Å²) >= 11 is 5.98. The Morgan fingerprint density at radius 1 is 1.14 bits per heavy atom. The normalized spacial score (nSPS) is 11.9. The maximum absolute atomic E-state index is 11.4. The van der Waals surface area contributed by atoms with Crippen LogP contribution in [0, 0.1) is 13.8 Å². The van der Waals surface area contributed by atoms with Gasteiger partial charge in [-0.1, -0.05) is 11.6 Å². The molecule has 0 bridgehead atoms. The van der Waals surface area contributed by atoms with Gasteiger partial charge in [0.05, 0.1) is 21.2 Å². The minimum Gasteiger partial charge on any atom is -0.478 e. The number of hydrogen-bond donors (Lipinski definition) is 2. The first-order valence-electron chi connectivity index (χ1n) is 8.47. The fourth-order valence-corrected chi connectivity index (χ4v) is 3.77. The lowest BCUT2D eigenvalue weighted by molar-refractivity contribution is 0.0697. The van der Waals surface area contributed by atoms with E-state index < -0.39 is 16.0 Å². The summed E-state index contributed by atoms with van der Waals surface area (Å²) in [5, 5.41) is 14.3. The zero-order chi connectivity index (χ0) is 21.3. The molecule has 3 aromatic rings. The molecule has 29 heavy (non-hydrogen) atoms. The third-order valence-corrected chi connectivity index (χ3v) is 5.67. The Kier molecular flexibility index (Phi) is 5.61. The number of aromatic carboxylic acids is 1. The van der Waals surface area contributed by atoms with E-state index >= 15 is 0 Å². The first-order valence-corrected chi connectivity index (χ1v) is 10.4. The van der Waals surface area contributed by atoms with E-state index in [0.29, 0.717) is 5.69 Å². The number of benzene rings is 2. The second kappa shape index (κ2) is 7.82. The van der Waals surface area contributed by atoms with E-state index in [-0.39, 0.29) is 15.5 Å². The van der Waals surface area contributed by atoms with E-state index in [1.807, 2.05) is 24.5 Å². The lowest BCUT2D eigenvalue weighted by Crippen LogP contribution is -2.12. The van der Waals surface area contributed by atoms with Gasteiger partial charge in [0.1, 0.15) is 0 Å². The summed E-state index contributed by atoms with van der Waals surface area (Å²) in [5.74, 6) is -1.09. The van der Waals surface area contributed by atoms with Gasteiger partial charge >= 0.3 is 5.97 Å². The van der Waals surface area contributed by atoms with Gasteiger partial charge in [-0.25, -0.2) is 18.4 Å². The molecule has 7 nitrogen and oxygen atoms in total. The molecule has 2 aromatic carbocycles. The van der Waals surface area contributed by atoms with Crippen LogP contribution in [-0.2, 0) is 10.0 Å². The zero-order valence-corrected chi connectivity index (χ0v) is 17.2. The van der Waals surface area contributed by atoms with E-state index in [9.17, 15) is 13.2 Å². The number of nitrogens with two attached hydrogens (primary N) is 1. The molecule has 9 heteroatoms. The molecule has 0 amide bonds.